The standard InChI is InChI=1S/C20H17ClN4O/c1-14-3-2-4-17(13-14)25-12-10-19(26)20(24-25)18(9-11-22)23-16-7-5-15(21)6-8-16/h2-13H,22H2,1H3. The van der Waals surface area contributed by atoms with Crippen LogP contribution in [0.15, 0.2) is 82.9 Å². The molecule has 2 N–H and O–H groups in total. The molecule has 1 heterocycles. The Morgan fingerprint density at radius 2 is 1.96 bits per heavy atom. The number of nitrogens with zero attached hydrogens (tertiary/aromatic N) is 3. The minimum Gasteiger partial charge on any atom is -0.405 e. The molecule has 0 fully saturated rings. The first-order chi connectivity index (χ1) is 12.6. The molecule has 1 aromatic heterocycles. The lowest BCUT2D eigenvalue weighted by atomic mass is 10.2. The van der Waals surface area contributed by atoms with Gasteiger partial charge < -0.3 is 5.73 Å². The van der Waals surface area contributed by atoms with E-state index < -0.39 is 0 Å². The van der Waals surface area contributed by atoms with Gasteiger partial charge in [-0.15, -0.1) is 0 Å². The second-order valence-corrected chi connectivity index (χ2v) is 6.08. The Labute approximate surface area is 156 Å². The molecule has 3 aromatic rings. The van der Waals surface area contributed by atoms with Crippen LogP contribution in [0, 0.1) is 6.92 Å². The van der Waals surface area contributed by atoms with Crippen LogP contribution in [-0.2, 0) is 0 Å². The van der Waals surface area contributed by atoms with Gasteiger partial charge >= 0.3 is 0 Å². The van der Waals surface area contributed by atoms with Crippen molar-refractivity contribution in [3.05, 3.63) is 99.6 Å². The predicted octanol–water partition coefficient (Wildman–Crippen LogP) is 3.79. The van der Waals surface area contributed by atoms with Crippen molar-refractivity contribution >= 4 is 23.0 Å². The molecule has 0 atom stereocenters. The molecule has 5 nitrogen and oxygen atoms in total. The van der Waals surface area contributed by atoms with Gasteiger partial charge in [0, 0.05) is 17.3 Å². The maximum absolute atomic E-state index is 12.4. The summed E-state index contributed by atoms with van der Waals surface area (Å²) in [6.45, 7) is 2.00. The van der Waals surface area contributed by atoms with Crippen LogP contribution < -0.4 is 11.2 Å². The minimum atomic E-state index is -0.236. The Hall–Kier alpha value is -3.18. The Kier molecular flexibility index (Phi) is 5.29. The third kappa shape index (κ3) is 4.07. The summed E-state index contributed by atoms with van der Waals surface area (Å²) in [5, 5.41) is 5.07. The van der Waals surface area contributed by atoms with Crippen LogP contribution >= 0.6 is 11.6 Å². The molecule has 0 aliphatic heterocycles. The third-order valence-electron chi connectivity index (χ3n) is 3.65. The highest BCUT2D eigenvalue weighted by Crippen LogP contribution is 2.17. The number of aliphatic imine (C=N–C) groups is 1. The lowest BCUT2D eigenvalue weighted by Gasteiger charge is -2.08. The number of halogens is 1. The Bertz CT molecular complexity index is 1040. The molecular formula is C20H17ClN4O. The summed E-state index contributed by atoms with van der Waals surface area (Å²) in [7, 11) is 0. The zero-order valence-corrected chi connectivity index (χ0v) is 14.9. The van der Waals surface area contributed by atoms with Gasteiger partial charge in [0.15, 0.2) is 5.69 Å². The molecule has 0 radical (unpaired) electrons. The van der Waals surface area contributed by atoms with E-state index in [2.05, 4.69) is 10.1 Å². The van der Waals surface area contributed by atoms with E-state index in [9.17, 15) is 4.79 Å². The Morgan fingerprint density at radius 3 is 2.65 bits per heavy atom. The van der Waals surface area contributed by atoms with Gasteiger partial charge in [-0.05, 0) is 61.2 Å². The molecule has 26 heavy (non-hydrogen) atoms. The van der Waals surface area contributed by atoms with Crippen LogP contribution in [0.5, 0.6) is 0 Å². The minimum absolute atomic E-state index is 0.214. The van der Waals surface area contributed by atoms with E-state index in [0.29, 0.717) is 16.4 Å². The van der Waals surface area contributed by atoms with E-state index in [0.717, 1.165) is 11.3 Å². The van der Waals surface area contributed by atoms with E-state index in [1.807, 2.05) is 31.2 Å². The maximum atomic E-state index is 12.4. The lowest BCUT2D eigenvalue weighted by molar-refractivity contribution is 0.828. The topological polar surface area (TPSA) is 73.3 Å². The molecule has 130 valence electrons. The predicted molar refractivity (Wildman–Crippen MR) is 106 cm³/mol. The van der Waals surface area contributed by atoms with Crippen molar-refractivity contribution in [2.24, 2.45) is 10.7 Å². The van der Waals surface area contributed by atoms with Gasteiger partial charge in [-0.3, -0.25) is 4.79 Å². The normalized spacial score (nSPS) is 11.8. The first kappa shape index (κ1) is 17.6. The van der Waals surface area contributed by atoms with Crippen LogP contribution in [0.3, 0.4) is 0 Å². The quantitative estimate of drug-likeness (QED) is 0.716. The van der Waals surface area contributed by atoms with Crippen molar-refractivity contribution in [3.8, 4) is 5.69 Å². The molecule has 6 heteroatoms. The largest absolute Gasteiger partial charge is 0.405 e. The second kappa shape index (κ2) is 7.80. The summed E-state index contributed by atoms with van der Waals surface area (Å²) >= 11 is 5.90. The van der Waals surface area contributed by atoms with Crippen LogP contribution in [0.4, 0.5) is 5.69 Å². The summed E-state index contributed by atoms with van der Waals surface area (Å²) in [6, 6.07) is 16.3. The van der Waals surface area contributed by atoms with Gasteiger partial charge in [-0.1, -0.05) is 23.7 Å². The van der Waals surface area contributed by atoms with Crippen molar-refractivity contribution in [2.75, 3.05) is 0 Å². The van der Waals surface area contributed by atoms with Crippen molar-refractivity contribution in [3.63, 3.8) is 0 Å². The van der Waals surface area contributed by atoms with E-state index in [1.165, 1.54) is 12.3 Å². The highest BCUT2D eigenvalue weighted by Gasteiger charge is 2.10. The fourth-order valence-corrected chi connectivity index (χ4v) is 2.54. The molecule has 3 rings (SSSR count). The summed E-state index contributed by atoms with van der Waals surface area (Å²) in [6.07, 6.45) is 4.52. The molecule has 0 aliphatic carbocycles. The van der Waals surface area contributed by atoms with Gasteiger partial charge in [-0.25, -0.2) is 9.67 Å². The molecule has 0 amide bonds. The number of aryl methyl sites for hydroxylation is 1. The number of rotatable bonds is 4. The molecule has 2 aromatic carbocycles. The van der Waals surface area contributed by atoms with E-state index >= 15 is 0 Å². The fraction of sp³-hybridized carbons (Fsp3) is 0.0500. The maximum Gasteiger partial charge on any atom is 0.209 e. The average molecular weight is 365 g/mol. The van der Waals surface area contributed by atoms with Gasteiger partial charge in [0.05, 0.1) is 17.1 Å². The zero-order chi connectivity index (χ0) is 18.5. The van der Waals surface area contributed by atoms with Crippen LogP contribution in [-0.4, -0.2) is 15.5 Å². The Balaban J connectivity index is 2.11. The Morgan fingerprint density at radius 1 is 1.19 bits per heavy atom. The molecule has 0 saturated heterocycles. The lowest BCUT2D eigenvalue weighted by Crippen LogP contribution is -2.20. The summed E-state index contributed by atoms with van der Waals surface area (Å²) < 4.78 is 1.64. The van der Waals surface area contributed by atoms with Crippen LogP contribution in [0.2, 0.25) is 5.02 Å². The summed E-state index contributed by atoms with van der Waals surface area (Å²) in [5.41, 5.74) is 8.50. The average Bonchev–Trinajstić information content (AvgIpc) is 2.63. The van der Waals surface area contributed by atoms with Crippen LogP contribution in [0.1, 0.15) is 11.3 Å². The number of hydrogen-bond acceptors (Lipinski definition) is 4. The number of hydrogen-bond donors (Lipinski definition) is 1. The number of aromatic nitrogens is 2. The number of nitrogens with two attached hydrogens (primary N) is 1. The van der Waals surface area contributed by atoms with Crippen LogP contribution in [0.25, 0.3) is 5.69 Å². The summed E-state index contributed by atoms with van der Waals surface area (Å²) in [5.74, 6) is 0. The highest BCUT2D eigenvalue weighted by molar-refractivity contribution is 6.30. The van der Waals surface area contributed by atoms with Crippen molar-refractivity contribution in [1.82, 2.24) is 9.78 Å². The second-order valence-electron chi connectivity index (χ2n) is 5.64. The smallest absolute Gasteiger partial charge is 0.209 e. The van der Waals surface area contributed by atoms with Gasteiger partial charge in [0.1, 0.15) is 0 Å². The summed E-state index contributed by atoms with van der Waals surface area (Å²) in [4.78, 5) is 16.9. The molecule has 0 aliphatic rings. The van der Waals surface area contributed by atoms with E-state index in [4.69, 9.17) is 17.3 Å². The molecule has 0 saturated carbocycles. The highest BCUT2D eigenvalue weighted by atomic mass is 35.5. The fourth-order valence-electron chi connectivity index (χ4n) is 2.41. The van der Waals surface area contributed by atoms with Gasteiger partial charge in [0.2, 0.25) is 5.43 Å². The third-order valence-corrected chi connectivity index (χ3v) is 3.90. The first-order valence-corrected chi connectivity index (χ1v) is 8.34. The molecular weight excluding hydrogens is 348 g/mol. The molecule has 0 unspecified atom stereocenters. The number of benzene rings is 2. The first-order valence-electron chi connectivity index (χ1n) is 7.97. The molecule has 0 bridgehead atoms. The van der Waals surface area contributed by atoms with Crippen molar-refractivity contribution in [2.45, 2.75) is 6.92 Å². The molecule has 0 spiro atoms. The number of allylic oxidation sites excluding steroid dienone is 1. The SMILES string of the molecule is Cc1cccc(-n2ccc(=O)c(C(C=CN)=Nc3ccc(Cl)cc3)n2)c1. The van der Waals surface area contributed by atoms with Gasteiger partial charge in [-0.2, -0.15) is 5.10 Å². The van der Waals surface area contributed by atoms with Crippen molar-refractivity contribution < 1.29 is 0 Å². The van der Waals surface area contributed by atoms with Crippen molar-refractivity contribution in [1.29, 1.82) is 0 Å². The van der Waals surface area contributed by atoms with Gasteiger partial charge in [0.25, 0.3) is 0 Å². The van der Waals surface area contributed by atoms with E-state index in [1.54, 1.807) is 41.2 Å². The van der Waals surface area contributed by atoms with E-state index in [-0.39, 0.29) is 11.1 Å². The monoisotopic (exact) mass is 364 g/mol. The zero-order valence-electron chi connectivity index (χ0n) is 14.1.